The Hall–Kier alpha value is -2.84. The van der Waals surface area contributed by atoms with Crippen LogP contribution in [0.25, 0.3) is 0 Å². The summed E-state index contributed by atoms with van der Waals surface area (Å²) in [5.41, 5.74) is 1.98. The van der Waals surface area contributed by atoms with Crippen molar-refractivity contribution in [2.75, 3.05) is 38.5 Å². The lowest BCUT2D eigenvalue weighted by Crippen LogP contribution is -2.64. The smallest absolute Gasteiger partial charge is 0.330 e. The predicted octanol–water partition coefficient (Wildman–Crippen LogP) is 4.37. The number of nitrogens with one attached hydrogen (secondary N) is 1. The lowest BCUT2D eigenvalue weighted by atomic mass is 9.52. The molecule has 5 aliphatic rings. The van der Waals surface area contributed by atoms with Crippen molar-refractivity contribution in [2.24, 2.45) is 17.8 Å². The number of rotatable bonds is 10. The molecule has 1 aliphatic heterocycles. The minimum atomic E-state index is -0.850. The van der Waals surface area contributed by atoms with Crippen LogP contribution in [-0.2, 0) is 20.1 Å². The highest BCUT2D eigenvalue weighted by Crippen LogP contribution is 2.57. The molecule has 41 heavy (non-hydrogen) atoms. The molecule has 2 aromatic rings. The number of carbonyl (C=O) groups is 3. The molecule has 4 bridgehead atoms. The van der Waals surface area contributed by atoms with Gasteiger partial charge in [-0.05, 0) is 74.0 Å². The number of carbonyl (C=O) groups excluding carboxylic acids is 3. The number of thioether (sulfide) groups is 1. The molecule has 8 heteroatoms. The molecule has 7 nitrogen and oxygen atoms in total. The number of amides is 2. The van der Waals surface area contributed by atoms with E-state index in [0.29, 0.717) is 35.7 Å². The zero-order valence-corrected chi connectivity index (χ0v) is 24.5. The summed E-state index contributed by atoms with van der Waals surface area (Å²) in [6, 6.07) is 18.0. The van der Waals surface area contributed by atoms with Crippen LogP contribution in [-0.4, -0.2) is 77.7 Å². The second kappa shape index (κ2) is 12.6. The van der Waals surface area contributed by atoms with Gasteiger partial charge < -0.3 is 15.0 Å². The standard InChI is InChI=1S/C33H41N3O4S/c37-30(35-11-13-36(14-12-35)33-18-25-15-26(19-33)17-27(16-25)20-33)21-40-32(39)29(23-41-22-24-7-3-1-4-8-24)34-31(38)28-9-5-2-6-10-28/h1-10,25-27,29H,11-23H2,(H,34,38)/t25?,26?,27?,29-,33?/m1/s1. The Morgan fingerprint density at radius 3 is 2.05 bits per heavy atom. The van der Waals surface area contributed by atoms with E-state index >= 15 is 0 Å². The molecule has 1 atom stereocenters. The Morgan fingerprint density at radius 2 is 1.44 bits per heavy atom. The van der Waals surface area contributed by atoms with Crippen LogP contribution in [0, 0.1) is 17.8 Å². The molecule has 5 fully saturated rings. The molecule has 1 N–H and O–H groups in total. The highest BCUT2D eigenvalue weighted by Gasteiger charge is 2.53. The highest BCUT2D eigenvalue weighted by atomic mass is 32.2. The van der Waals surface area contributed by atoms with Gasteiger partial charge in [-0.15, -0.1) is 0 Å². The Balaban J connectivity index is 1.00. The van der Waals surface area contributed by atoms with E-state index in [-0.39, 0.29) is 18.4 Å². The number of ether oxygens (including phenoxy) is 1. The van der Waals surface area contributed by atoms with Crippen LogP contribution >= 0.6 is 11.8 Å². The molecule has 1 saturated heterocycles. The van der Waals surface area contributed by atoms with Gasteiger partial charge in [0.15, 0.2) is 6.61 Å². The van der Waals surface area contributed by atoms with Gasteiger partial charge in [0.2, 0.25) is 0 Å². The first-order chi connectivity index (χ1) is 20.0. The van der Waals surface area contributed by atoms with Crippen molar-refractivity contribution in [3.8, 4) is 0 Å². The zero-order chi connectivity index (χ0) is 28.2. The number of nitrogens with zero attached hydrogens (tertiary/aromatic N) is 2. The Bertz CT molecular complexity index is 1180. The number of esters is 1. The maximum absolute atomic E-state index is 13.1. The van der Waals surface area contributed by atoms with E-state index < -0.39 is 12.0 Å². The fourth-order valence-electron chi connectivity index (χ4n) is 8.08. The summed E-state index contributed by atoms with van der Waals surface area (Å²) < 4.78 is 5.51. The molecule has 0 unspecified atom stereocenters. The van der Waals surface area contributed by atoms with E-state index in [2.05, 4.69) is 10.2 Å². The van der Waals surface area contributed by atoms with Crippen molar-refractivity contribution in [1.29, 1.82) is 0 Å². The van der Waals surface area contributed by atoms with Crippen LogP contribution in [0.4, 0.5) is 0 Å². The van der Waals surface area contributed by atoms with E-state index in [4.69, 9.17) is 4.74 Å². The third kappa shape index (κ3) is 6.64. The van der Waals surface area contributed by atoms with Crippen LogP contribution in [0.15, 0.2) is 60.7 Å². The topological polar surface area (TPSA) is 78.9 Å². The Labute approximate surface area is 247 Å². The van der Waals surface area contributed by atoms with Crippen molar-refractivity contribution in [3.63, 3.8) is 0 Å². The summed E-state index contributed by atoms with van der Waals surface area (Å²) in [6.45, 7) is 2.87. The number of piperazine rings is 1. The zero-order valence-electron chi connectivity index (χ0n) is 23.7. The van der Waals surface area contributed by atoms with Crippen LogP contribution < -0.4 is 5.32 Å². The summed E-state index contributed by atoms with van der Waals surface area (Å²) in [4.78, 5) is 43.5. The first-order valence-electron chi connectivity index (χ1n) is 15.1. The first-order valence-corrected chi connectivity index (χ1v) is 16.3. The molecular formula is C33H41N3O4S. The second-order valence-electron chi connectivity index (χ2n) is 12.5. The molecule has 7 rings (SSSR count). The minimum absolute atomic E-state index is 0.159. The largest absolute Gasteiger partial charge is 0.454 e. The van der Waals surface area contributed by atoms with Gasteiger partial charge in [-0.2, -0.15) is 11.8 Å². The molecule has 2 aromatic carbocycles. The summed E-state index contributed by atoms with van der Waals surface area (Å²) in [7, 11) is 0. The Morgan fingerprint density at radius 1 is 0.854 bits per heavy atom. The van der Waals surface area contributed by atoms with Crippen molar-refractivity contribution < 1.29 is 19.1 Å². The van der Waals surface area contributed by atoms with Gasteiger partial charge in [0.25, 0.3) is 11.8 Å². The van der Waals surface area contributed by atoms with E-state index in [1.54, 1.807) is 36.0 Å². The maximum Gasteiger partial charge on any atom is 0.330 e. The predicted molar refractivity (Wildman–Crippen MR) is 160 cm³/mol. The van der Waals surface area contributed by atoms with Gasteiger partial charge in [0.05, 0.1) is 0 Å². The molecule has 0 aromatic heterocycles. The monoisotopic (exact) mass is 575 g/mol. The van der Waals surface area contributed by atoms with Gasteiger partial charge in [-0.3, -0.25) is 14.5 Å². The van der Waals surface area contributed by atoms with Gasteiger partial charge in [0, 0.05) is 48.8 Å². The van der Waals surface area contributed by atoms with Crippen molar-refractivity contribution in [1.82, 2.24) is 15.1 Å². The number of benzene rings is 2. The van der Waals surface area contributed by atoms with Crippen molar-refractivity contribution >= 4 is 29.5 Å². The third-order valence-electron chi connectivity index (χ3n) is 9.67. The molecule has 1 heterocycles. The SMILES string of the molecule is O=C(N[C@H](CSCc1ccccc1)C(=O)OCC(=O)N1CCN(C23CC4CC(CC(C4)C2)C3)CC1)c1ccccc1. The number of hydrogen-bond donors (Lipinski definition) is 1. The molecular weight excluding hydrogens is 534 g/mol. The fraction of sp³-hybridized carbons (Fsp3) is 0.545. The van der Waals surface area contributed by atoms with Crippen LogP contribution in [0.5, 0.6) is 0 Å². The summed E-state index contributed by atoms with van der Waals surface area (Å²) in [5, 5.41) is 2.83. The van der Waals surface area contributed by atoms with Crippen molar-refractivity contribution in [3.05, 3.63) is 71.8 Å². The molecule has 4 saturated carbocycles. The molecule has 0 spiro atoms. The van der Waals surface area contributed by atoms with E-state index in [1.807, 2.05) is 41.3 Å². The van der Waals surface area contributed by atoms with Crippen LogP contribution in [0.3, 0.4) is 0 Å². The number of hydrogen-bond acceptors (Lipinski definition) is 6. The fourth-order valence-corrected chi connectivity index (χ4v) is 9.08. The van der Waals surface area contributed by atoms with E-state index in [0.717, 1.165) is 36.4 Å². The Kier molecular flexibility index (Phi) is 8.68. The lowest BCUT2D eigenvalue weighted by molar-refractivity contribution is -0.155. The molecule has 0 radical (unpaired) electrons. The van der Waals surface area contributed by atoms with E-state index in [1.165, 1.54) is 38.5 Å². The summed E-state index contributed by atoms with van der Waals surface area (Å²) in [5.74, 6) is 2.71. The molecule has 4 aliphatic carbocycles. The van der Waals surface area contributed by atoms with Crippen LogP contribution in [0.1, 0.15) is 54.4 Å². The average molecular weight is 576 g/mol. The maximum atomic E-state index is 13.1. The first kappa shape index (κ1) is 28.3. The van der Waals surface area contributed by atoms with Gasteiger partial charge >= 0.3 is 5.97 Å². The highest BCUT2D eigenvalue weighted by molar-refractivity contribution is 7.98. The van der Waals surface area contributed by atoms with Gasteiger partial charge in [-0.25, -0.2) is 4.79 Å². The quantitative estimate of drug-likeness (QED) is 0.424. The van der Waals surface area contributed by atoms with E-state index in [9.17, 15) is 14.4 Å². The van der Waals surface area contributed by atoms with Crippen molar-refractivity contribution in [2.45, 2.75) is 55.9 Å². The van der Waals surface area contributed by atoms with Crippen LogP contribution in [0.2, 0.25) is 0 Å². The van der Waals surface area contributed by atoms with Gasteiger partial charge in [0.1, 0.15) is 6.04 Å². The normalized spacial score (nSPS) is 27.8. The lowest BCUT2D eigenvalue weighted by Gasteiger charge is -2.61. The molecule has 2 amide bonds. The average Bonchev–Trinajstić information content (AvgIpc) is 2.99. The summed E-state index contributed by atoms with van der Waals surface area (Å²) in [6.07, 6.45) is 8.30. The minimum Gasteiger partial charge on any atom is -0.454 e. The second-order valence-corrected chi connectivity index (χ2v) is 13.5. The summed E-state index contributed by atoms with van der Waals surface area (Å²) >= 11 is 1.55. The third-order valence-corrected chi connectivity index (χ3v) is 10.8. The molecule has 218 valence electrons. The van der Waals surface area contributed by atoms with Gasteiger partial charge in [-0.1, -0.05) is 48.5 Å².